The van der Waals surface area contributed by atoms with E-state index in [4.69, 9.17) is 0 Å². The highest BCUT2D eigenvalue weighted by atomic mass is 16.2. The largest absolute Gasteiger partial charge is 0.348 e. The normalized spacial score (nSPS) is 10.5. The van der Waals surface area contributed by atoms with E-state index in [1.807, 2.05) is 54.2 Å². The summed E-state index contributed by atoms with van der Waals surface area (Å²) in [4.78, 5) is 16.0. The number of rotatable bonds is 3. The summed E-state index contributed by atoms with van der Waals surface area (Å²) in [6.45, 7) is 0.449. The molecule has 0 aliphatic rings. The van der Waals surface area contributed by atoms with Gasteiger partial charge in [-0.2, -0.15) is 0 Å². The average Bonchev–Trinajstić information content (AvgIpc) is 2.83. The van der Waals surface area contributed by atoms with Gasteiger partial charge < -0.3 is 15.2 Å². The summed E-state index contributed by atoms with van der Waals surface area (Å²) in [5, 5.41) is 6.73. The first-order valence-corrected chi connectivity index (χ1v) is 6.72. The van der Waals surface area contributed by atoms with Crippen molar-refractivity contribution in [3.63, 3.8) is 0 Å². The van der Waals surface area contributed by atoms with Gasteiger partial charge in [0.1, 0.15) is 0 Å². The van der Waals surface area contributed by atoms with Crippen molar-refractivity contribution in [2.24, 2.45) is 7.05 Å². The molecule has 1 aromatic carbocycles. The maximum Gasteiger partial charge on any atom is 0.319 e. The number of nitrogens with zero attached hydrogens (tertiary/aromatic N) is 2. The molecule has 0 saturated carbocycles. The van der Waals surface area contributed by atoms with E-state index in [2.05, 4.69) is 15.6 Å². The van der Waals surface area contributed by atoms with Crippen LogP contribution in [0.2, 0.25) is 0 Å². The lowest BCUT2D eigenvalue weighted by atomic mass is 10.2. The molecule has 5 heteroatoms. The third kappa shape index (κ3) is 2.86. The number of carbonyl (C=O) groups is 1. The number of nitrogens with one attached hydrogen (secondary N) is 2. The molecule has 0 aliphatic heterocycles. The first kappa shape index (κ1) is 13.2. The summed E-state index contributed by atoms with van der Waals surface area (Å²) in [7, 11) is 1.96. The van der Waals surface area contributed by atoms with Gasteiger partial charge in [-0.1, -0.05) is 24.3 Å². The molecule has 21 heavy (non-hydrogen) atoms. The predicted molar refractivity (Wildman–Crippen MR) is 83.0 cm³/mol. The Hall–Kier alpha value is -2.82. The minimum Gasteiger partial charge on any atom is -0.348 e. The number of aromatic nitrogens is 2. The smallest absolute Gasteiger partial charge is 0.319 e. The number of benzene rings is 1. The van der Waals surface area contributed by atoms with E-state index in [0.717, 1.165) is 22.2 Å². The number of anilines is 1. The van der Waals surface area contributed by atoms with Crippen LogP contribution >= 0.6 is 0 Å². The summed E-state index contributed by atoms with van der Waals surface area (Å²) in [5.74, 6) is 0. The molecular formula is C16H16N4O. The lowest BCUT2D eigenvalue weighted by Crippen LogP contribution is -2.28. The number of urea groups is 1. The van der Waals surface area contributed by atoms with Crippen LogP contribution in [0.25, 0.3) is 10.9 Å². The van der Waals surface area contributed by atoms with E-state index >= 15 is 0 Å². The lowest BCUT2D eigenvalue weighted by molar-refractivity contribution is 0.252. The van der Waals surface area contributed by atoms with Crippen LogP contribution in [-0.4, -0.2) is 15.6 Å². The van der Waals surface area contributed by atoms with Crippen molar-refractivity contribution >= 4 is 22.6 Å². The summed E-state index contributed by atoms with van der Waals surface area (Å²) in [6, 6.07) is 11.5. The van der Waals surface area contributed by atoms with Gasteiger partial charge in [-0.3, -0.25) is 4.98 Å². The highest BCUT2D eigenvalue weighted by Crippen LogP contribution is 2.24. The minimum atomic E-state index is -0.227. The van der Waals surface area contributed by atoms with E-state index in [1.54, 1.807) is 12.4 Å². The average molecular weight is 280 g/mol. The quantitative estimate of drug-likeness (QED) is 0.775. The van der Waals surface area contributed by atoms with Crippen LogP contribution in [-0.2, 0) is 13.6 Å². The van der Waals surface area contributed by atoms with Gasteiger partial charge in [-0.05, 0) is 17.7 Å². The van der Waals surface area contributed by atoms with Crippen molar-refractivity contribution in [1.82, 2.24) is 14.9 Å². The highest BCUT2D eigenvalue weighted by Gasteiger charge is 2.08. The van der Waals surface area contributed by atoms with Crippen molar-refractivity contribution < 1.29 is 4.79 Å². The molecule has 0 radical (unpaired) electrons. The van der Waals surface area contributed by atoms with Crippen LogP contribution in [0.3, 0.4) is 0 Å². The Morgan fingerprint density at radius 3 is 2.90 bits per heavy atom. The lowest BCUT2D eigenvalue weighted by Gasteiger charge is -2.06. The SMILES string of the molecule is Cn1cc(NC(=O)NCc2cccnc2)c2ccccc21. The van der Waals surface area contributed by atoms with Crippen LogP contribution in [0.4, 0.5) is 10.5 Å². The number of aryl methyl sites for hydroxylation is 1. The van der Waals surface area contributed by atoms with Crippen LogP contribution in [0.1, 0.15) is 5.56 Å². The molecule has 0 atom stereocenters. The maximum absolute atomic E-state index is 12.0. The summed E-state index contributed by atoms with van der Waals surface area (Å²) >= 11 is 0. The van der Waals surface area contributed by atoms with E-state index in [9.17, 15) is 4.79 Å². The number of para-hydroxylation sites is 1. The van der Waals surface area contributed by atoms with Crippen LogP contribution in [0.15, 0.2) is 55.0 Å². The zero-order valence-corrected chi connectivity index (χ0v) is 11.7. The Morgan fingerprint density at radius 1 is 1.24 bits per heavy atom. The van der Waals surface area contributed by atoms with Crippen molar-refractivity contribution in [3.8, 4) is 0 Å². The van der Waals surface area contributed by atoms with Gasteiger partial charge in [-0.25, -0.2) is 4.79 Å². The second-order valence-corrected chi connectivity index (χ2v) is 4.84. The summed E-state index contributed by atoms with van der Waals surface area (Å²) in [6.07, 6.45) is 5.35. The number of hydrogen-bond donors (Lipinski definition) is 2. The van der Waals surface area contributed by atoms with Crippen molar-refractivity contribution in [2.75, 3.05) is 5.32 Å². The Balaban J connectivity index is 1.69. The molecule has 106 valence electrons. The molecule has 5 nitrogen and oxygen atoms in total. The Kier molecular flexibility index (Phi) is 3.55. The topological polar surface area (TPSA) is 59.0 Å². The second-order valence-electron chi connectivity index (χ2n) is 4.84. The number of fused-ring (bicyclic) bond motifs is 1. The van der Waals surface area contributed by atoms with Gasteiger partial charge in [-0.15, -0.1) is 0 Å². The van der Waals surface area contributed by atoms with Crippen LogP contribution < -0.4 is 10.6 Å². The molecule has 0 saturated heterocycles. The number of carbonyl (C=O) groups excluding carboxylic acids is 1. The third-order valence-electron chi connectivity index (χ3n) is 3.32. The molecule has 2 heterocycles. The molecule has 0 aliphatic carbocycles. The molecule has 2 N–H and O–H groups in total. The summed E-state index contributed by atoms with van der Waals surface area (Å²) < 4.78 is 1.99. The molecule has 3 rings (SSSR count). The molecule has 0 unspecified atom stereocenters. The first-order valence-electron chi connectivity index (χ1n) is 6.72. The number of pyridine rings is 1. The van der Waals surface area contributed by atoms with Gasteiger partial charge in [0.05, 0.1) is 5.69 Å². The molecular weight excluding hydrogens is 264 g/mol. The zero-order chi connectivity index (χ0) is 14.7. The molecule has 2 amide bonds. The molecule has 0 fully saturated rings. The van der Waals surface area contributed by atoms with Gasteiger partial charge in [0.25, 0.3) is 0 Å². The van der Waals surface area contributed by atoms with Gasteiger partial charge in [0.2, 0.25) is 0 Å². The van der Waals surface area contributed by atoms with E-state index in [0.29, 0.717) is 6.54 Å². The van der Waals surface area contributed by atoms with Crippen LogP contribution in [0.5, 0.6) is 0 Å². The van der Waals surface area contributed by atoms with Crippen molar-refractivity contribution in [1.29, 1.82) is 0 Å². The standard InChI is InChI=1S/C16H16N4O/c1-20-11-14(13-6-2-3-7-15(13)20)19-16(21)18-10-12-5-4-8-17-9-12/h2-9,11H,10H2,1H3,(H2,18,19,21). The van der Waals surface area contributed by atoms with Gasteiger partial charge in [0, 0.05) is 43.1 Å². The second kappa shape index (κ2) is 5.66. The maximum atomic E-state index is 12.0. The fraction of sp³-hybridized carbons (Fsp3) is 0.125. The van der Waals surface area contributed by atoms with Gasteiger partial charge in [0.15, 0.2) is 0 Å². The zero-order valence-electron chi connectivity index (χ0n) is 11.7. The monoisotopic (exact) mass is 280 g/mol. The van der Waals surface area contributed by atoms with E-state index < -0.39 is 0 Å². The highest BCUT2D eigenvalue weighted by molar-refractivity contribution is 6.01. The van der Waals surface area contributed by atoms with E-state index in [1.165, 1.54) is 0 Å². The first-order chi connectivity index (χ1) is 10.2. The van der Waals surface area contributed by atoms with E-state index in [-0.39, 0.29) is 6.03 Å². The fourth-order valence-electron chi connectivity index (χ4n) is 2.29. The minimum absolute atomic E-state index is 0.227. The number of amides is 2. The third-order valence-corrected chi connectivity index (χ3v) is 3.32. The molecule has 3 aromatic rings. The Bertz CT molecular complexity index is 764. The predicted octanol–water partition coefficient (Wildman–Crippen LogP) is 2.90. The van der Waals surface area contributed by atoms with Crippen molar-refractivity contribution in [2.45, 2.75) is 6.54 Å². The molecule has 2 aromatic heterocycles. The molecule has 0 spiro atoms. The van der Waals surface area contributed by atoms with Gasteiger partial charge >= 0.3 is 6.03 Å². The Morgan fingerprint density at radius 2 is 2.10 bits per heavy atom. The fourth-order valence-corrected chi connectivity index (χ4v) is 2.29. The Labute approximate surface area is 122 Å². The molecule has 0 bridgehead atoms. The number of hydrogen-bond acceptors (Lipinski definition) is 2. The summed E-state index contributed by atoms with van der Waals surface area (Å²) in [5.41, 5.74) is 2.85. The van der Waals surface area contributed by atoms with Crippen LogP contribution in [0, 0.1) is 0 Å². The van der Waals surface area contributed by atoms with Crippen molar-refractivity contribution in [3.05, 3.63) is 60.6 Å².